The third-order valence-corrected chi connectivity index (χ3v) is 3.89. The van der Waals surface area contributed by atoms with Crippen LogP contribution in [0.4, 0.5) is 0 Å². The molecule has 1 aromatic heterocycles. The standard InChI is InChI=1S/C16H19N3O/c1-11-6-5-9-19(10-11)16(20)15-12(2)17-13-7-3-4-8-14(13)18-15/h3-4,7-8,11H,5-6,9-10H2,1-2H3. The van der Waals surface area contributed by atoms with Crippen molar-refractivity contribution in [3.05, 3.63) is 35.7 Å². The van der Waals surface area contributed by atoms with Gasteiger partial charge in [-0.3, -0.25) is 4.79 Å². The van der Waals surface area contributed by atoms with Gasteiger partial charge >= 0.3 is 0 Å². The second-order valence-electron chi connectivity index (χ2n) is 5.64. The van der Waals surface area contributed by atoms with Crippen LogP contribution in [0, 0.1) is 12.8 Å². The van der Waals surface area contributed by atoms with Crippen molar-refractivity contribution in [2.24, 2.45) is 5.92 Å². The number of aromatic nitrogens is 2. The number of carbonyl (C=O) groups excluding carboxylic acids is 1. The zero-order valence-corrected chi connectivity index (χ0v) is 12.0. The van der Waals surface area contributed by atoms with Crippen molar-refractivity contribution >= 4 is 16.9 Å². The van der Waals surface area contributed by atoms with E-state index in [4.69, 9.17) is 0 Å². The van der Waals surface area contributed by atoms with Gasteiger partial charge in [0.05, 0.1) is 16.7 Å². The molecule has 0 bridgehead atoms. The minimum absolute atomic E-state index is 0.0207. The normalized spacial score (nSPS) is 19.3. The van der Waals surface area contributed by atoms with Gasteiger partial charge in [-0.25, -0.2) is 9.97 Å². The fourth-order valence-electron chi connectivity index (χ4n) is 2.81. The van der Waals surface area contributed by atoms with E-state index in [1.165, 1.54) is 6.42 Å². The Morgan fingerprint density at radius 1 is 1.25 bits per heavy atom. The molecule has 104 valence electrons. The molecule has 4 nitrogen and oxygen atoms in total. The lowest BCUT2D eigenvalue weighted by atomic mass is 10.00. The maximum absolute atomic E-state index is 12.6. The number of carbonyl (C=O) groups is 1. The highest BCUT2D eigenvalue weighted by atomic mass is 16.2. The molecular formula is C16H19N3O. The third kappa shape index (κ3) is 2.38. The van der Waals surface area contributed by atoms with E-state index in [0.717, 1.165) is 30.5 Å². The summed E-state index contributed by atoms with van der Waals surface area (Å²) in [6, 6.07) is 7.68. The third-order valence-electron chi connectivity index (χ3n) is 3.89. The number of rotatable bonds is 1. The summed E-state index contributed by atoms with van der Waals surface area (Å²) < 4.78 is 0. The van der Waals surface area contributed by atoms with Crippen molar-refractivity contribution < 1.29 is 4.79 Å². The number of aryl methyl sites for hydroxylation is 1. The molecule has 1 fully saturated rings. The number of para-hydroxylation sites is 2. The molecule has 3 rings (SSSR count). The molecule has 20 heavy (non-hydrogen) atoms. The molecule has 1 aromatic carbocycles. The molecule has 0 saturated carbocycles. The summed E-state index contributed by atoms with van der Waals surface area (Å²) in [7, 11) is 0. The molecule has 4 heteroatoms. The number of likely N-dealkylation sites (tertiary alicyclic amines) is 1. The molecule has 2 aromatic rings. The predicted molar refractivity (Wildman–Crippen MR) is 78.6 cm³/mol. The Labute approximate surface area is 118 Å². The van der Waals surface area contributed by atoms with E-state index in [-0.39, 0.29) is 5.91 Å². The van der Waals surface area contributed by atoms with Crippen molar-refractivity contribution in [3.8, 4) is 0 Å². The average molecular weight is 269 g/mol. The monoisotopic (exact) mass is 269 g/mol. The van der Waals surface area contributed by atoms with E-state index in [0.29, 0.717) is 17.3 Å². The molecule has 0 spiro atoms. The van der Waals surface area contributed by atoms with Crippen LogP contribution in [-0.2, 0) is 0 Å². The number of piperidine rings is 1. The van der Waals surface area contributed by atoms with E-state index in [1.807, 2.05) is 36.1 Å². The highest BCUT2D eigenvalue weighted by Crippen LogP contribution is 2.19. The van der Waals surface area contributed by atoms with Crippen molar-refractivity contribution in [2.75, 3.05) is 13.1 Å². The quantitative estimate of drug-likeness (QED) is 0.799. The predicted octanol–water partition coefficient (Wildman–Crippen LogP) is 2.81. The Kier molecular flexibility index (Phi) is 3.38. The lowest BCUT2D eigenvalue weighted by Gasteiger charge is -2.30. The first kappa shape index (κ1) is 13.0. The highest BCUT2D eigenvalue weighted by Gasteiger charge is 2.24. The largest absolute Gasteiger partial charge is 0.337 e. The van der Waals surface area contributed by atoms with Crippen LogP contribution >= 0.6 is 0 Å². The fourth-order valence-corrected chi connectivity index (χ4v) is 2.81. The zero-order valence-electron chi connectivity index (χ0n) is 12.0. The van der Waals surface area contributed by atoms with Crippen LogP contribution in [0.5, 0.6) is 0 Å². The van der Waals surface area contributed by atoms with E-state index in [2.05, 4.69) is 16.9 Å². The second kappa shape index (κ2) is 5.19. The minimum Gasteiger partial charge on any atom is -0.337 e. The van der Waals surface area contributed by atoms with Crippen molar-refractivity contribution in [1.29, 1.82) is 0 Å². The number of hydrogen-bond acceptors (Lipinski definition) is 3. The van der Waals surface area contributed by atoms with Gasteiger partial charge in [0.1, 0.15) is 5.69 Å². The van der Waals surface area contributed by atoms with Crippen LogP contribution in [0.1, 0.15) is 35.9 Å². The summed E-state index contributed by atoms with van der Waals surface area (Å²) in [6.07, 6.45) is 2.28. The molecule has 1 unspecified atom stereocenters. The molecular weight excluding hydrogens is 250 g/mol. The first-order chi connectivity index (χ1) is 9.65. The van der Waals surface area contributed by atoms with Crippen LogP contribution < -0.4 is 0 Å². The number of benzene rings is 1. The first-order valence-electron chi connectivity index (χ1n) is 7.18. The fraction of sp³-hybridized carbons (Fsp3) is 0.438. The van der Waals surface area contributed by atoms with Gasteiger partial charge in [-0.15, -0.1) is 0 Å². The summed E-state index contributed by atoms with van der Waals surface area (Å²) in [5.74, 6) is 0.591. The van der Waals surface area contributed by atoms with Gasteiger partial charge in [-0.05, 0) is 37.8 Å². The average Bonchev–Trinajstić information content (AvgIpc) is 2.46. The van der Waals surface area contributed by atoms with E-state index >= 15 is 0 Å². The molecule has 2 heterocycles. The van der Waals surface area contributed by atoms with Gasteiger partial charge in [-0.1, -0.05) is 19.1 Å². The van der Waals surface area contributed by atoms with Crippen LogP contribution in [-0.4, -0.2) is 33.9 Å². The Hall–Kier alpha value is -1.97. The van der Waals surface area contributed by atoms with E-state index < -0.39 is 0 Å². The maximum Gasteiger partial charge on any atom is 0.274 e. The Balaban J connectivity index is 1.96. The van der Waals surface area contributed by atoms with Gasteiger partial charge in [-0.2, -0.15) is 0 Å². The molecule has 0 N–H and O–H groups in total. The summed E-state index contributed by atoms with van der Waals surface area (Å²) >= 11 is 0. The maximum atomic E-state index is 12.6. The smallest absolute Gasteiger partial charge is 0.274 e. The van der Waals surface area contributed by atoms with Crippen LogP contribution in [0.15, 0.2) is 24.3 Å². The molecule has 0 aliphatic carbocycles. The van der Waals surface area contributed by atoms with Gasteiger partial charge in [0.25, 0.3) is 5.91 Å². The first-order valence-corrected chi connectivity index (χ1v) is 7.18. The van der Waals surface area contributed by atoms with Crippen molar-refractivity contribution in [1.82, 2.24) is 14.9 Å². The van der Waals surface area contributed by atoms with Crippen LogP contribution in [0.2, 0.25) is 0 Å². The molecule has 1 amide bonds. The van der Waals surface area contributed by atoms with Crippen LogP contribution in [0.3, 0.4) is 0 Å². The van der Waals surface area contributed by atoms with Crippen molar-refractivity contribution in [2.45, 2.75) is 26.7 Å². The Bertz CT molecular complexity index is 653. The number of nitrogens with zero attached hydrogens (tertiary/aromatic N) is 3. The number of amides is 1. The highest BCUT2D eigenvalue weighted by molar-refractivity contribution is 5.95. The van der Waals surface area contributed by atoms with Gasteiger partial charge < -0.3 is 4.90 Å². The van der Waals surface area contributed by atoms with Gasteiger partial charge in [0.15, 0.2) is 0 Å². The Morgan fingerprint density at radius 2 is 1.95 bits per heavy atom. The SMILES string of the molecule is Cc1nc2ccccc2nc1C(=O)N1CCCC(C)C1. The van der Waals surface area contributed by atoms with E-state index in [9.17, 15) is 4.79 Å². The summed E-state index contributed by atoms with van der Waals surface area (Å²) in [4.78, 5) is 23.6. The van der Waals surface area contributed by atoms with Crippen molar-refractivity contribution in [3.63, 3.8) is 0 Å². The second-order valence-corrected chi connectivity index (χ2v) is 5.64. The Morgan fingerprint density at radius 3 is 2.65 bits per heavy atom. The topological polar surface area (TPSA) is 46.1 Å². The summed E-state index contributed by atoms with van der Waals surface area (Å²) in [6.45, 7) is 5.71. The number of fused-ring (bicyclic) bond motifs is 1. The molecule has 1 aliphatic rings. The molecule has 0 radical (unpaired) electrons. The van der Waals surface area contributed by atoms with Gasteiger partial charge in [0, 0.05) is 13.1 Å². The minimum atomic E-state index is 0.0207. The molecule has 1 aliphatic heterocycles. The summed E-state index contributed by atoms with van der Waals surface area (Å²) in [5.41, 5.74) is 2.84. The zero-order chi connectivity index (χ0) is 14.1. The molecule has 1 saturated heterocycles. The lowest BCUT2D eigenvalue weighted by molar-refractivity contribution is 0.0676. The lowest BCUT2D eigenvalue weighted by Crippen LogP contribution is -2.39. The van der Waals surface area contributed by atoms with E-state index in [1.54, 1.807) is 0 Å². The summed E-state index contributed by atoms with van der Waals surface area (Å²) in [5, 5.41) is 0. The van der Waals surface area contributed by atoms with Gasteiger partial charge in [0.2, 0.25) is 0 Å². The van der Waals surface area contributed by atoms with Crippen LogP contribution in [0.25, 0.3) is 11.0 Å². The number of hydrogen-bond donors (Lipinski definition) is 0. The molecule has 1 atom stereocenters.